The first-order valence-corrected chi connectivity index (χ1v) is 5.42. The minimum Gasteiger partial charge on any atom is -0.384 e. The van der Waals surface area contributed by atoms with Crippen LogP contribution in [0.2, 0.25) is 0 Å². The van der Waals surface area contributed by atoms with Crippen LogP contribution in [0.15, 0.2) is 0 Å². The lowest BCUT2D eigenvalue weighted by Crippen LogP contribution is -2.29. The molecule has 2 heteroatoms. The monoisotopic (exact) mass is 185 g/mol. The zero-order valence-electron chi connectivity index (χ0n) is 9.23. The fourth-order valence-electron chi connectivity index (χ4n) is 2.32. The Morgan fingerprint density at radius 2 is 2.31 bits per heavy atom. The molecule has 0 aromatic heterocycles. The van der Waals surface area contributed by atoms with E-state index >= 15 is 0 Å². The molecule has 2 atom stereocenters. The van der Waals surface area contributed by atoms with Crippen molar-refractivity contribution in [3.8, 4) is 0 Å². The van der Waals surface area contributed by atoms with Crippen LogP contribution in [0.3, 0.4) is 0 Å². The van der Waals surface area contributed by atoms with Crippen LogP contribution in [-0.4, -0.2) is 26.3 Å². The lowest BCUT2D eigenvalue weighted by Gasteiger charge is -2.23. The number of hydrogen-bond acceptors (Lipinski definition) is 2. The number of ether oxygens (including phenoxy) is 1. The second-order valence-electron chi connectivity index (χ2n) is 4.64. The Morgan fingerprint density at radius 3 is 2.92 bits per heavy atom. The van der Waals surface area contributed by atoms with E-state index in [2.05, 4.69) is 19.2 Å². The second kappa shape index (κ2) is 4.97. The molecular formula is C11H23NO. The first kappa shape index (κ1) is 11.0. The summed E-state index contributed by atoms with van der Waals surface area (Å²) in [4.78, 5) is 0. The van der Waals surface area contributed by atoms with Crippen molar-refractivity contribution in [2.24, 2.45) is 5.41 Å². The molecule has 1 fully saturated rings. The summed E-state index contributed by atoms with van der Waals surface area (Å²) in [5.41, 5.74) is 0.431. The SMILES string of the molecule is CCCNC1CCC(C)(COC)C1. The van der Waals surface area contributed by atoms with Crippen molar-refractivity contribution in [3.63, 3.8) is 0 Å². The van der Waals surface area contributed by atoms with E-state index in [9.17, 15) is 0 Å². The maximum absolute atomic E-state index is 5.25. The van der Waals surface area contributed by atoms with Crippen LogP contribution in [0.5, 0.6) is 0 Å². The average Bonchev–Trinajstić information content (AvgIpc) is 2.45. The fraction of sp³-hybridized carbons (Fsp3) is 1.00. The quantitative estimate of drug-likeness (QED) is 0.709. The van der Waals surface area contributed by atoms with Gasteiger partial charge in [0, 0.05) is 13.2 Å². The summed E-state index contributed by atoms with van der Waals surface area (Å²) < 4.78 is 5.25. The maximum atomic E-state index is 5.25. The molecule has 78 valence electrons. The predicted molar refractivity (Wildman–Crippen MR) is 55.9 cm³/mol. The molecule has 2 nitrogen and oxygen atoms in total. The van der Waals surface area contributed by atoms with Crippen molar-refractivity contribution in [2.45, 2.75) is 45.6 Å². The summed E-state index contributed by atoms with van der Waals surface area (Å²) in [6, 6.07) is 0.736. The molecule has 0 spiro atoms. The largest absolute Gasteiger partial charge is 0.384 e. The van der Waals surface area contributed by atoms with Gasteiger partial charge in [0.2, 0.25) is 0 Å². The van der Waals surface area contributed by atoms with Gasteiger partial charge in [0.25, 0.3) is 0 Å². The first-order valence-electron chi connectivity index (χ1n) is 5.42. The molecule has 1 aliphatic rings. The third-order valence-electron chi connectivity index (χ3n) is 3.01. The predicted octanol–water partition coefficient (Wildman–Crippen LogP) is 2.19. The van der Waals surface area contributed by atoms with Gasteiger partial charge in [-0.2, -0.15) is 0 Å². The molecular weight excluding hydrogens is 162 g/mol. The Hall–Kier alpha value is -0.0800. The molecule has 1 saturated carbocycles. The minimum atomic E-state index is 0.431. The number of rotatable bonds is 5. The summed E-state index contributed by atoms with van der Waals surface area (Å²) >= 11 is 0. The zero-order chi connectivity index (χ0) is 9.73. The van der Waals surface area contributed by atoms with Crippen LogP contribution in [0.1, 0.15) is 39.5 Å². The topological polar surface area (TPSA) is 21.3 Å². The highest BCUT2D eigenvalue weighted by Crippen LogP contribution is 2.37. The number of methoxy groups -OCH3 is 1. The van der Waals surface area contributed by atoms with Crippen LogP contribution < -0.4 is 5.32 Å². The first-order chi connectivity index (χ1) is 6.20. The van der Waals surface area contributed by atoms with Crippen molar-refractivity contribution in [1.82, 2.24) is 5.32 Å². The van der Waals surface area contributed by atoms with Gasteiger partial charge in [-0.15, -0.1) is 0 Å². The molecule has 0 radical (unpaired) electrons. The molecule has 0 amide bonds. The highest BCUT2D eigenvalue weighted by molar-refractivity contribution is 4.89. The van der Waals surface area contributed by atoms with E-state index in [1.807, 2.05) is 0 Å². The average molecular weight is 185 g/mol. The molecule has 13 heavy (non-hydrogen) atoms. The highest BCUT2D eigenvalue weighted by Gasteiger charge is 2.34. The van der Waals surface area contributed by atoms with Crippen LogP contribution in [0.4, 0.5) is 0 Å². The smallest absolute Gasteiger partial charge is 0.0516 e. The summed E-state index contributed by atoms with van der Waals surface area (Å²) in [5.74, 6) is 0. The summed E-state index contributed by atoms with van der Waals surface area (Å²) in [6.45, 7) is 6.63. The Balaban J connectivity index is 2.26. The molecule has 1 rings (SSSR count). The van der Waals surface area contributed by atoms with Gasteiger partial charge in [0.1, 0.15) is 0 Å². The Morgan fingerprint density at radius 1 is 1.54 bits per heavy atom. The molecule has 2 unspecified atom stereocenters. The summed E-state index contributed by atoms with van der Waals surface area (Å²) in [5, 5.41) is 3.59. The van der Waals surface area contributed by atoms with Crippen LogP contribution in [-0.2, 0) is 4.74 Å². The van der Waals surface area contributed by atoms with Crippen molar-refractivity contribution < 1.29 is 4.74 Å². The molecule has 0 saturated heterocycles. The van der Waals surface area contributed by atoms with Gasteiger partial charge in [0.15, 0.2) is 0 Å². The fourth-order valence-corrected chi connectivity index (χ4v) is 2.32. The van der Waals surface area contributed by atoms with Gasteiger partial charge in [-0.25, -0.2) is 0 Å². The van der Waals surface area contributed by atoms with Crippen LogP contribution in [0.25, 0.3) is 0 Å². The van der Waals surface area contributed by atoms with E-state index in [1.54, 1.807) is 7.11 Å². The van der Waals surface area contributed by atoms with E-state index < -0.39 is 0 Å². The standard InChI is InChI=1S/C11H23NO/c1-4-7-12-10-5-6-11(2,8-10)9-13-3/h10,12H,4-9H2,1-3H3. The third kappa shape index (κ3) is 3.28. The minimum absolute atomic E-state index is 0.431. The lowest BCUT2D eigenvalue weighted by atomic mass is 9.90. The molecule has 1 aliphatic carbocycles. The van der Waals surface area contributed by atoms with Gasteiger partial charge in [-0.3, -0.25) is 0 Å². The third-order valence-corrected chi connectivity index (χ3v) is 3.01. The molecule has 0 aromatic carbocycles. The van der Waals surface area contributed by atoms with Crippen molar-refractivity contribution >= 4 is 0 Å². The maximum Gasteiger partial charge on any atom is 0.0516 e. The van der Waals surface area contributed by atoms with E-state index in [4.69, 9.17) is 4.74 Å². The van der Waals surface area contributed by atoms with E-state index in [0.717, 1.165) is 19.2 Å². The van der Waals surface area contributed by atoms with Crippen LogP contribution in [0, 0.1) is 5.41 Å². The molecule has 0 heterocycles. The molecule has 0 aliphatic heterocycles. The molecule has 0 aromatic rings. The van der Waals surface area contributed by atoms with Crippen molar-refractivity contribution in [3.05, 3.63) is 0 Å². The van der Waals surface area contributed by atoms with E-state index in [-0.39, 0.29) is 0 Å². The highest BCUT2D eigenvalue weighted by atomic mass is 16.5. The normalized spacial score (nSPS) is 33.9. The van der Waals surface area contributed by atoms with Crippen LogP contribution >= 0.6 is 0 Å². The molecule has 0 bridgehead atoms. The van der Waals surface area contributed by atoms with Crippen molar-refractivity contribution in [1.29, 1.82) is 0 Å². The zero-order valence-corrected chi connectivity index (χ0v) is 9.23. The van der Waals surface area contributed by atoms with Gasteiger partial charge < -0.3 is 10.1 Å². The number of nitrogens with one attached hydrogen (secondary N) is 1. The molecule has 1 N–H and O–H groups in total. The number of hydrogen-bond donors (Lipinski definition) is 1. The Kier molecular flexibility index (Phi) is 4.20. The Labute approximate surface area is 82.0 Å². The summed E-state index contributed by atoms with van der Waals surface area (Å²) in [7, 11) is 1.80. The van der Waals surface area contributed by atoms with Gasteiger partial charge in [-0.05, 0) is 37.6 Å². The van der Waals surface area contributed by atoms with E-state index in [0.29, 0.717) is 5.41 Å². The Bertz CT molecular complexity index is 149. The van der Waals surface area contributed by atoms with Gasteiger partial charge in [-0.1, -0.05) is 13.8 Å². The lowest BCUT2D eigenvalue weighted by molar-refractivity contribution is 0.0948. The van der Waals surface area contributed by atoms with Gasteiger partial charge >= 0.3 is 0 Å². The van der Waals surface area contributed by atoms with Gasteiger partial charge in [0.05, 0.1) is 6.61 Å². The van der Waals surface area contributed by atoms with Crippen molar-refractivity contribution in [2.75, 3.05) is 20.3 Å². The summed E-state index contributed by atoms with van der Waals surface area (Å²) in [6.07, 6.45) is 5.14. The second-order valence-corrected chi connectivity index (χ2v) is 4.64. The van der Waals surface area contributed by atoms with E-state index in [1.165, 1.54) is 25.7 Å².